The largest absolute Gasteiger partial charge is 0.309 e. The van der Waals surface area contributed by atoms with Gasteiger partial charge in [-0.1, -0.05) is 176 Å². The van der Waals surface area contributed by atoms with Gasteiger partial charge < -0.3 is 4.57 Å². The predicted molar refractivity (Wildman–Crippen MR) is 229 cm³/mol. The number of fused-ring (bicyclic) bond motifs is 12. The fourth-order valence-electron chi connectivity index (χ4n) is 9.74. The van der Waals surface area contributed by atoms with Gasteiger partial charge in [0.15, 0.2) is 5.82 Å². The van der Waals surface area contributed by atoms with Gasteiger partial charge in [-0.15, -0.1) is 0 Å². The average molecular weight is 712 g/mol. The van der Waals surface area contributed by atoms with Gasteiger partial charge in [0.25, 0.3) is 0 Å². The van der Waals surface area contributed by atoms with Crippen LogP contribution < -0.4 is 0 Å². The molecular formula is C53H33N3. The van der Waals surface area contributed by atoms with Crippen LogP contribution in [0.3, 0.4) is 0 Å². The Kier molecular flexibility index (Phi) is 6.55. The summed E-state index contributed by atoms with van der Waals surface area (Å²) in [5.74, 6) is 0.711. The monoisotopic (exact) mass is 711 g/mol. The van der Waals surface area contributed by atoms with Crippen LogP contribution in [0.1, 0.15) is 22.3 Å². The Balaban J connectivity index is 1.22. The number of benzene rings is 8. The Bertz CT molecular complexity index is 3120. The molecule has 0 N–H and O–H groups in total. The quantitative estimate of drug-likeness (QED) is 0.182. The molecule has 0 saturated heterocycles. The molecule has 12 rings (SSSR count). The summed E-state index contributed by atoms with van der Waals surface area (Å²) in [6.07, 6.45) is 0. The molecule has 2 aromatic heterocycles. The van der Waals surface area contributed by atoms with Gasteiger partial charge in [0.2, 0.25) is 0 Å². The van der Waals surface area contributed by atoms with Gasteiger partial charge in [-0.25, -0.2) is 9.97 Å². The Morgan fingerprint density at radius 1 is 0.375 bits per heavy atom. The molecule has 56 heavy (non-hydrogen) atoms. The Morgan fingerprint density at radius 3 is 1.82 bits per heavy atom. The second kappa shape index (κ2) is 11.8. The minimum atomic E-state index is -0.575. The lowest BCUT2D eigenvalue weighted by molar-refractivity contribution is 0.748. The first-order valence-electron chi connectivity index (χ1n) is 19.3. The fourth-order valence-corrected chi connectivity index (χ4v) is 9.74. The number of para-hydroxylation sites is 3. The zero-order valence-corrected chi connectivity index (χ0v) is 30.4. The van der Waals surface area contributed by atoms with Gasteiger partial charge >= 0.3 is 0 Å². The molecule has 2 aliphatic rings. The van der Waals surface area contributed by atoms with Crippen LogP contribution in [0.5, 0.6) is 0 Å². The van der Waals surface area contributed by atoms with Crippen LogP contribution >= 0.6 is 0 Å². The lowest BCUT2D eigenvalue weighted by Gasteiger charge is -2.39. The van der Waals surface area contributed by atoms with Gasteiger partial charge in [-0.05, 0) is 68.8 Å². The fraction of sp³-hybridized carbons (Fsp3) is 0.0189. The van der Waals surface area contributed by atoms with E-state index < -0.39 is 5.41 Å². The summed E-state index contributed by atoms with van der Waals surface area (Å²) >= 11 is 0. The molecule has 10 aromatic rings. The van der Waals surface area contributed by atoms with Crippen LogP contribution in [-0.4, -0.2) is 14.5 Å². The molecule has 0 saturated carbocycles. The molecule has 3 heteroatoms. The molecule has 1 aliphatic heterocycles. The van der Waals surface area contributed by atoms with Gasteiger partial charge in [0.1, 0.15) is 0 Å². The van der Waals surface area contributed by atoms with Crippen molar-refractivity contribution < 1.29 is 0 Å². The van der Waals surface area contributed by atoms with Gasteiger partial charge in [-0.2, -0.15) is 0 Å². The first kappa shape index (κ1) is 31.0. The van der Waals surface area contributed by atoms with Crippen molar-refractivity contribution in [3.8, 4) is 61.8 Å². The van der Waals surface area contributed by atoms with Crippen molar-refractivity contribution in [2.45, 2.75) is 5.41 Å². The summed E-state index contributed by atoms with van der Waals surface area (Å²) in [7, 11) is 0. The van der Waals surface area contributed by atoms with E-state index in [2.05, 4.69) is 199 Å². The summed E-state index contributed by atoms with van der Waals surface area (Å²) in [4.78, 5) is 10.6. The highest BCUT2D eigenvalue weighted by atomic mass is 15.0. The molecule has 0 radical (unpaired) electrons. The number of hydrogen-bond donors (Lipinski definition) is 0. The minimum absolute atomic E-state index is 0.575. The second-order valence-corrected chi connectivity index (χ2v) is 14.9. The van der Waals surface area contributed by atoms with Crippen molar-refractivity contribution in [2.24, 2.45) is 0 Å². The third-order valence-electron chi connectivity index (χ3n) is 12.0. The molecule has 3 nitrogen and oxygen atoms in total. The molecule has 1 atom stereocenters. The molecule has 0 amide bonds. The van der Waals surface area contributed by atoms with Crippen molar-refractivity contribution in [2.75, 3.05) is 0 Å². The van der Waals surface area contributed by atoms with Gasteiger partial charge in [-0.3, -0.25) is 0 Å². The SMILES string of the molecule is c1ccc(-c2ccc3c(c2)-c2c(-c4cc(-c5ccccc5)nc(-c5ccccc5)n4)cccc2C32c3ccccc3-n3c4ccccc4c4cccc2c43)cc1. The molecule has 1 unspecified atom stereocenters. The third kappa shape index (κ3) is 4.22. The van der Waals surface area contributed by atoms with Crippen molar-refractivity contribution >= 4 is 21.8 Å². The number of rotatable bonds is 4. The Hall–Kier alpha value is -7.36. The summed E-state index contributed by atoms with van der Waals surface area (Å²) < 4.78 is 2.50. The van der Waals surface area contributed by atoms with Gasteiger partial charge in [0, 0.05) is 27.5 Å². The Labute approximate surface area is 324 Å². The first-order chi connectivity index (χ1) is 27.8. The van der Waals surface area contributed by atoms with E-state index in [0.29, 0.717) is 5.82 Å². The highest BCUT2D eigenvalue weighted by molar-refractivity contribution is 6.13. The molecule has 0 fully saturated rings. The lowest BCUT2D eigenvalue weighted by atomic mass is 9.65. The van der Waals surface area contributed by atoms with Crippen molar-refractivity contribution in [1.29, 1.82) is 0 Å². The number of aromatic nitrogens is 3. The topological polar surface area (TPSA) is 30.7 Å². The van der Waals surface area contributed by atoms with Crippen LogP contribution in [0.15, 0.2) is 200 Å². The minimum Gasteiger partial charge on any atom is -0.309 e. The molecular weight excluding hydrogens is 679 g/mol. The van der Waals surface area contributed by atoms with E-state index in [-0.39, 0.29) is 0 Å². The van der Waals surface area contributed by atoms with Crippen molar-refractivity contribution in [1.82, 2.24) is 14.5 Å². The number of nitrogens with zero attached hydrogens (tertiary/aromatic N) is 3. The van der Waals surface area contributed by atoms with Crippen LogP contribution in [-0.2, 0) is 5.41 Å². The number of hydrogen-bond acceptors (Lipinski definition) is 2. The normalized spacial score (nSPS) is 14.9. The van der Waals surface area contributed by atoms with E-state index >= 15 is 0 Å². The molecule has 3 heterocycles. The van der Waals surface area contributed by atoms with E-state index in [1.807, 2.05) is 6.07 Å². The first-order valence-corrected chi connectivity index (χ1v) is 19.3. The standard InChI is InChI=1S/C53H33N3/c1-4-16-34(17-5-1)37-30-31-42-41(32-37)50-40(47-33-46(35-18-6-2-7-19-35)54-52(55-47)36-20-8-3-9-21-36)24-15-26-44(50)53(42)43-25-11-13-29-49(43)56-48-28-12-10-22-38(48)39-23-14-27-45(53)51(39)56/h1-33H. The second-order valence-electron chi connectivity index (χ2n) is 14.9. The maximum absolute atomic E-state index is 5.40. The van der Waals surface area contributed by atoms with Crippen LogP contribution in [0, 0.1) is 0 Å². The van der Waals surface area contributed by atoms with Gasteiger partial charge in [0.05, 0.1) is 33.5 Å². The van der Waals surface area contributed by atoms with E-state index in [4.69, 9.17) is 9.97 Å². The smallest absolute Gasteiger partial charge is 0.160 e. The molecule has 1 spiro atoms. The zero-order valence-electron chi connectivity index (χ0n) is 30.4. The Morgan fingerprint density at radius 2 is 1.00 bits per heavy atom. The van der Waals surface area contributed by atoms with E-state index in [1.165, 1.54) is 72.0 Å². The summed E-state index contributed by atoms with van der Waals surface area (Å²) in [6.45, 7) is 0. The van der Waals surface area contributed by atoms with Crippen molar-refractivity contribution in [3.63, 3.8) is 0 Å². The van der Waals surface area contributed by atoms with Crippen molar-refractivity contribution in [3.05, 3.63) is 222 Å². The van der Waals surface area contributed by atoms with E-state index in [0.717, 1.165) is 28.1 Å². The third-order valence-corrected chi connectivity index (χ3v) is 12.0. The zero-order chi connectivity index (χ0) is 36.8. The summed E-state index contributed by atoms with van der Waals surface area (Å²) in [5.41, 5.74) is 18.1. The summed E-state index contributed by atoms with van der Waals surface area (Å²) in [6, 6.07) is 72.5. The predicted octanol–water partition coefficient (Wildman–Crippen LogP) is 12.9. The highest BCUT2D eigenvalue weighted by Crippen LogP contribution is 2.62. The average Bonchev–Trinajstić information content (AvgIpc) is 3.77. The highest BCUT2D eigenvalue weighted by Gasteiger charge is 2.51. The van der Waals surface area contributed by atoms with Crippen LogP contribution in [0.2, 0.25) is 0 Å². The molecule has 260 valence electrons. The van der Waals surface area contributed by atoms with Crippen LogP contribution in [0.25, 0.3) is 83.6 Å². The van der Waals surface area contributed by atoms with Crippen LogP contribution in [0.4, 0.5) is 0 Å². The van der Waals surface area contributed by atoms with E-state index in [9.17, 15) is 0 Å². The maximum atomic E-state index is 5.40. The maximum Gasteiger partial charge on any atom is 0.160 e. The molecule has 8 aromatic carbocycles. The summed E-state index contributed by atoms with van der Waals surface area (Å²) in [5, 5.41) is 2.54. The molecule has 1 aliphatic carbocycles. The molecule has 0 bridgehead atoms. The van der Waals surface area contributed by atoms with E-state index in [1.54, 1.807) is 0 Å². The lowest BCUT2D eigenvalue weighted by Crippen LogP contribution is -2.33.